The number of alkyl halides is 3. The van der Waals surface area contributed by atoms with E-state index in [1.54, 1.807) is 29.2 Å². The van der Waals surface area contributed by atoms with Gasteiger partial charge in [-0.15, -0.1) is 0 Å². The summed E-state index contributed by atoms with van der Waals surface area (Å²) in [5, 5.41) is 0. The van der Waals surface area contributed by atoms with E-state index < -0.39 is 18.1 Å². The number of halogens is 3. The molecule has 8 heteroatoms. The number of nitrogens with zero attached hydrogens (tertiary/aromatic N) is 3. The molecule has 1 atom stereocenters. The number of ether oxygens (including phenoxy) is 1. The Labute approximate surface area is 165 Å². The van der Waals surface area contributed by atoms with Gasteiger partial charge in [0.25, 0.3) is 0 Å². The maximum absolute atomic E-state index is 13.5. The van der Waals surface area contributed by atoms with E-state index in [-0.39, 0.29) is 19.1 Å². The molecule has 1 unspecified atom stereocenters. The Kier molecular flexibility index (Phi) is 5.17. The maximum atomic E-state index is 13.5. The highest BCUT2D eigenvalue weighted by atomic mass is 19.4. The van der Waals surface area contributed by atoms with Crippen molar-refractivity contribution in [2.75, 3.05) is 13.1 Å². The molecule has 0 radical (unpaired) electrons. The molecular formula is C21H20F3N3O2. The summed E-state index contributed by atoms with van der Waals surface area (Å²) in [5.41, 5.74) is 1.65. The van der Waals surface area contributed by atoms with E-state index in [0.717, 1.165) is 5.56 Å². The van der Waals surface area contributed by atoms with E-state index in [2.05, 4.69) is 4.98 Å². The molecule has 0 saturated carbocycles. The molecule has 0 bridgehead atoms. The topological polar surface area (TPSA) is 47.4 Å². The van der Waals surface area contributed by atoms with Gasteiger partial charge in [-0.05, 0) is 30.0 Å². The average Bonchev–Trinajstić information content (AvgIpc) is 3.32. The molecule has 5 nitrogen and oxygen atoms in total. The molecule has 2 heterocycles. The summed E-state index contributed by atoms with van der Waals surface area (Å²) >= 11 is 0. The Bertz CT molecular complexity index is 1000. The van der Waals surface area contributed by atoms with Crippen LogP contribution in [0.3, 0.4) is 0 Å². The van der Waals surface area contributed by atoms with E-state index >= 15 is 0 Å². The first-order chi connectivity index (χ1) is 13.9. The molecule has 0 aliphatic carbocycles. The maximum Gasteiger partial charge on any atom is 0.449 e. The van der Waals surface area contributed by atoms with E-state index in [0.29, 0.717) is 30.5 Å². The molecule has 0 N–H and O–H groups in total. The molecule has 3 aromatic rings. The Balaban J connectivity index is 1.43. The standard InChI is InChI=1S/C21H20F3N3O2/c22-21(23,24)19-25-17-8-4-5-9-18(17)27(19)13-16-10-11-26(12-16)20(28)29-14-15-6-2-1-3-7-15/h1-9,16H,10-14H2. The number of rotatable bonds is 4. The zero-order chi connectivity index (χ0) is 20.4. The van der Waals surface area contributed by atoms with Crippen LogP contribution in [0.15, 0.2) is 54.6 Å². The lowest BCUT2D eigenvalue weighted by Crippen LogP contribution is -2.30. The molecule has 4 rings (SSSR count). The van der Waals surface area contributed by atoms with Crippen LogP contribution in [0.1, 0.15) is 17.8 Å². The highest BCUT2D eigenvalue weighted by Gasteiger charge is 2.38. The van der Waals surface area contributed by atoms with E-state index in [1.807, 2.05) is 30.3 Å². The van der Waals surface area contributed by atoms with Gasteiger partial charge in [-0.1, -0.05) is 42.5 Å². The number of hydrogen-bond donors (Lipinski definition) is 0. The fourth-order valence-electron chi connectivity index (χ4n) is 3.69. The average molecular weight is 403 g/mol. The molecule has 152 valence electrons. The van der Waals surface area contributed by atoms with Crippen LogP contribution in [0.5, 0.6) is 0 Å². The predicted molar refractivity (Wildman–Crippen MR) is 101 cm³/mol. The van der Waals surface area contributed by atoms with Crippen LogP contribution in [-0.2, 0) is 24.1 Å². The van der Waals surface area contributed by atoms with Crippen LogP contribution < -0.4 is 0 Å². The van der Waals surface area contributed by atoms with E-state index in [4.69, 9.17) is 4.74 Å². The van der Waals surface area contributed by atoms with Crippen molar-refractivity contribution in [2.45, 2.75) is 25.7 Å². The number of amides is 1. The van der Waals surface area contributed by atoms with Gasteiger partial charge >= 0.3 is 12.3 Å². The molecule has 2 aromatic carbocycles. The fraction of sp³-hybridized carbons (Fsp3) is 0.333. The minimum atomic E-state index is -4.54. The molecule has 1 aliphatic rings. The number of hydrogen-bond acceptors (Lipinski definition) is 3. The SMILES string of the molecule is O=C(OCc1ccccc1)N1CCC(Cn2c(C(F)(F)F)nc3ccccc32)C1. The number of imidazole rings is 1. The number of aromatic nitrogens is 2. The Hall–Kier alpha value is -3.03. The fourth-order valence-corrected chi connectivity index (χ4v) is 3.69. The summed E-state index contributed by atoms with van der Waals surface area (Å²) in [6, 6.07) is 15.9. The van der Waals surface area contributed by atoms with Crippen LogP contribution in [0, 0.1) is 5.92 Å². The van der Waals surface area contributed by atoms with Crippen molar-refractivity contribution in [3.05, 3.63) is 66.0 Å². The number of carbonyl (C=O) groups is 1. The summed E-state index contributed by atoms with van der Waals surface area (Å²) < 4.78 is 46.9. The van der Waals surface area contributed by atoms with Crippen molar-refractivity contribution in [3.8, 4) is 0 Å². The minimum Gasteiger partial charge on any atom is -0.445 e. The molecule has 1 saturated heterocycles. The molecular weight excluding hydrogens is 383 g/mol. The highest BCUT2D eigenvalue weighted by molar-refractivity contribution is 5.76. The van der Waals surface area contributed by atoms with Gasteiger partial charge in [0.15, 0.2) is 0 Å². The third-order valence-corrected chi connectivity index (χ3v) is 5.10. The molecule has 1 aromatic heterocycles. The number of para-hydroxylation sites is 2. The Morgan fingerprint density at radius 2 is 1.83 bits per heavy atom. The first kappa shape index (κ1) is 19.3. The van der Waals surface area contributed by atoms with Crippen molar-refractivity contribution in [1.29, 1.82) is 0 Å². The zero-order valence-electron chi connectivity index (χ0n) is 15.6. The lowest BCUT2D eigenvalue weighted by molar-refractivity contribution is -0.147. The van der Waals surface area contributed by atoms with Gasteiger partial charge in [0, 0.05) is 19.6 Å². The normalized spacial score (nSPS) is 17.1. The van der Waals surface area contributed by atoms with Crippen LogP contribution in [0.2, 0.25) is 0 Å². The molecule has 1 fully saturated rings. The van der Waals surface area contributed by atoms with Crippen LogP contribution in [-0.4, -0.2) is 33.6 Å². The van der Waals surface area contributed by atoms with Crippen LogP contribution in [0.4, 0.5) is 18.0 Å². The van der Waals surface area contributed by atoms with E-state index in [1.165, 1.54) is 4.57 Å². The molecule has 1 aliphatic heterocycles. The molecule has 1 amide bonds. The van der Waals surface area contributed by atoms with Crippen LogP contribution in [0.25, 0.3) is 11.0 Å². The van der Waals surface area contributed by atoms with Crippen molar-refractivity contribution in [2.24, 2.45) is 5.92 Å². The van der Waals surface area contributed by atoms with Crippen molar-refractivity contribution in [1.82, 2.24) is 14.5 Å². The summed E-state index contributed by atoms with van der Waals surface area (Å²) in [7, 11) is 0. The van der Waals surface area contributed by atoms with Crippen molar-refractivity contribution >= 4 is 17.1 Å². The summed E-state index contributed by atoms with van der Waals surface area (Å²) in [5.74, 6) is -0.998. The van der Waals surface area contributed by atoms with E-state index in [9.17, 15) is 18.0 Å². The Morgan fingerprint density at radius 1 is 1.10 bits per heavy atom. The monoisotopic (exact) mass is 403 g/mol. The molecule has 0 spiro atoms. The van der Waals surface area contributed by atoms with Gasteiger partial charge in [0.2, 0.25) is 5.82 Å². The number of benzene rings is 2. The van der Waals surface area contributed by atoms with Gasteiger partial charge in [-0.2, -0.15) is 13.2 Å². The van der Waals surface area contributed by atoms with Crippen molar-refractivity contribution < 1.29 is 22.7 Å². The van der Waals surface area contributed by atoms with Gasteiger partial charge in [-0.3, -0.25) is 0 Å². The second kappa shape index (κ2) is 7.77. The van der Waals surface area contributed by atoms with Crippen molar-refractivity contribution in [3.63, 3.8) is 0 Å². The largest absolute Gasteiger partial charge is 0.449 e. The third-order valence-electron chi connectivity index (χ3n) is 5.10. The summed E-state index contributed by atoms with van der Waals surface area (Å²) in [6.45, 7) is 1.15. The first-order valence-corrected chi connectivity index (χ1v) is 9.40. The summed E-state index contributed by atoms with van der Waals surface area (Å²) in [6.07, 6.45) is -4.36. The number of carbonyl (C=O) groups excluding carboxylic acids is 1. The van der Waals surface area contributed by atoms with Crippen LogP contribution >= 0.6 is 0 Å². The summed E-state index contributed by atoms with van der Waals surface area (Å²) in [4.78, 5) is 17.6. The lowest BCUT2D eigenvalue weighted by Gasteiger charge is -2.18. The predicted octanol–water partition coefficient (Wildman–Crippen LogP) is 4.71. The van der Waals surface area contributed by atoms with Gasteiger partial charge in [0.05, 0.1) is 11.0 Å². The highest BCUT2D eigenvalue weighted by Crippen LogP contribution is 2.33. The Morgan fingerprint density at radius 3 is 2.59 bits per heavy atom. The first-order valence-electron chi connectivity index (χ1n) is 9.40. The third kappa shape index (κ3) is 4.21. The second-order valence-electron chi connectivity index (χ2n) is 7.17. The smallest absolute Gasteiger partial charge is 0.445 e. The number of fused-ring (bicyclic) bond motifs is 1. The second-order valence-corrected chi connectivity index (χ2v) is 7.17. The van der Waals surface area contributed by atoms with Gasteiger partial charge < -0.3 is 14.2 Å². The zero-order valence-corrected chi connectivity index (χ0v) is 15.6. The minimum absolute atomic E-state index is 0.0991. The number of likely N-dealkylation sites (tertiary alicyclic amines) is 1. The van der Waals surface area contributed by atoms with Gasteiger partial charge in [0.1, 0.15) is 6.61 Å². The lowest BCUT2D eigenvalue weighted by atomic mass is 10.1. The van der Waals surface area contributed by atoms with Gasteiger partial charge in [-0.25, -0.2) is 9.78 Å². The molecule has 29 heavy (non-hydrogen) atoms. The quantitative estimate of drug-likeness (QED) is 0.634.